The van der Waals surface area contributed by atoms with Gasteiger partial charge >= 0.3 is 11.9 Å². The molecule has 4 aliphatic rings. The molecule has 8 atom stereocenters. The first-order valence-corrected chi connectivity index (χ1v) is 14.6. The van der Waals surface area contributed by atoms with Gasteiger partial charge in [0.1, 0.15) is 6.10 Å². The second-order valence-corrected chi connectivity index (χ2v) is 14.2. The lowest BCUT2D eigenvalue weighted by Gasteiger charge is -2.63. The highest BCUT2D eigenvalue weighted by atomic mass is 16.5. The summed E-state index contributed by atoms with van der Waals surface area (Å²) in [5.41, 5.74) is 3.29. The number of esters is 1. The van der Waals surface area contributed by atoms with Crippen LogP contribution in [0.25, 0.3) is 0 Å². The van der Waals surface area contributed by atoms with Crippen LogP contribution in [0.15, 0.2) is 22.8 Å². The minimum absolute atomic E-state index is 0.0173. The Labute approximate surface area is 224 Å². The van der Waals surface area contributed by atoms with E-state index in [2.05, 4.69) is 41.5 Å². The molecular weight excluding hydrogens is 464 g/mol. The maximum Gasteiger partial charge on any atom is 0.330 e. The van der Waals surface area contributed by atoms with Crippen LogP contribution in [-0.2, 0) is 14.3 Å². The Balaban J connectivity index is 1.64. The molecule has 5 heteroatoms. The van der Waals surface area contributed by atoms with E-state index in [1.54, 1.807) is 12.5 Å². The summed E-state index contributed by atoms with van der Waals surface area (Å²) in [5, 5.41) is 21.2. The second kappa shape index (κ2) is 9.54. The number of aliphatic carboxylic acids is 1. The van der Waals surface area contributed by atoms with Crippen LogP contribution in [0.5, 0.6) is 0 Å². The number of aliphatic hydroxyl groups excluding tert-OH is 1. The lowest BCUT2D eigenvalue weighted by atomic mass is 9.42. The summed E-state index contributed by atoms with van der Waals surface area (Å²) in [6, 6.07) is 0. The normalized spacial score (nSPS) is 41.9. The topological polar surface area (TPSA) is 83.8 Å². The molecule has 2 N–H and O–H groups in total. The molecule has 0 spiro atoms. The van der Waals surface area contributed by atoms with Gasteiger partial charge in [-0.05, 0) is 93.3 Å². The molecule has 2 saturated carbocycles. The van der Waals surface area contributed by atoms with E-state index >= 15 is 0 Å². The summed E-state index contributed by atoms with van der Waals surface area (Å²) < 4.78 is 5.82. The Morgan fingerprint density at radius 2 is 1.73 bits per heavy atom. The molecule has 0 heterocycles. The van der Waals surface area contributed by atoms with Crippen molar-refractivity contribution in [1.29, 1.82) is 0 Å². The molecule has 0 aromatic heterocycles. The van der Waals surface area contributed by atoms with Crippen LogP contribution in [0.4, 0.5) is 0 Å². The van der Waals surface area contributed by atoms with E-state index in [1.165, 1.54) is 12.5 Å². The zero-order valence-electron chi connectivity index (χ0n) is 24.4. The van der Waals surface area contributed by atoms with Gasteiger partial charge in [-0.25, -0.2) is 4.79 Å². The minimum Gasteiger partial charge on any atom is -0.478 e. The Morgan fingerprint density at radius 3 is 2.35 bits per heavy atom. The summed E-state index contributed by atoms with van der Waals surface area (Å²) in [5.74, 6) is 0.239. The third kappa shape index (κ3) is 4.22. The standard InChI is InChI=1S/C32H50O5/c1-19(10-9-11-20(2)28(35)36)22-14-17-31(7)23-12-13-25-29(4,5)27(37-21(3)33)15-16-30(25,6)24(23)18-26(34)32(22,31)8/h11,19,22,25-27,34H,9-10,12-18H2,1-8H3,(H,35,36)/t19-,22-,25+,26+,27-,30-,31+,32+/m1/s1. The Hall–Kier alpha value is -1.62. The second-order valence-electron chi connectivity index (χ2n) is 14.2. The highest BCUT2D eigenvalue weighted by molar-refractivity contribution is 5.85. The van der Waals surface area contributed by atoms with Crippen molar-refractivity contribution in [2.24, 2.45) is 39.4 Å². The van der Waals surface area contributed by atoms with Crippen LogP contribution in [-0.4, -0.2) is 34.4 Å². The molecule has 0 bridgehead atoms. The number of rotatable bonds is 6. The summed E-state index contributed by atoms with van der Waals surface area (Å²) in [6.45, 7) is 17.3. The maximum atomic E-state index is 12.0. The fourth-order valence-corrected chi connectivity index (χ4v) is 9.88. The predicted molar refractivity (Wildman–Crippen MR) is 146 cm³/mol. The van der Waals surface area contributed by atoms with Crippen molar-refractivity contribution in [3.05, 3.63) is 22.8 Å². The summed E-state index contributed by atoms with van der Waals surface area (Å²) in [7, 11) is 0. The molecule has 0 amide bonds. The number of aliphatic hydroxyl groups is 1. The van der Waals surface area contributed by atoms with E-state index in [0.29, 0.717) is 23.3 Å². The molecule has 0 saturated heterocycles. The van der Waals surface area contributed by atoms with Gasteiger partial charge in [-0.1, -0.05) is 58.8 Å². The number of hydrogen-bond donors (Lipinski definition) is 2. The van der Waals surface area contributed by atoms with Gasteiger partial charge in [0.25, 0.3) is 0 Å². The molecule has 208 valence electrons. The molecular formula is C32H50O5. The van der Waals surface area contributed by atoms with Gasteiger partial charge in [-0.3, -0.25) is 4.79 Å². The van der Waals surface area contributed by atoms with Crippen molar-refractivity contribution in [2.45, 2.75) is 125 Å². The predicted octanol–water partition coefficient (Wildman–Crippen LogP) is 7.09. The number of carboxylic acids is 1. The molecule has 0 unspecified atom stereocenters. The number of fused-ring (bicyclic) bond motifs is 4. The zero-order chi connectivity index (χ0) is 27.6. The largest absolute Gasteiger partial charge is 0.478 e. The summed E-state index contributed by atoms with van der Waals surface area (Å²) in [4.78, 5) is 23.0. The highest BCUT2D eigenvalue weighted by Crippen LogP contribution is 2.72. The van der Waals surface area contributed by atoms with Crippen LogP contribution >= 0.6 is 0 Å². The number of ether oxygens (including phenoxy) is 1. The Kier molecular flexibility index (Phi) is 7.32. The maximum absolute atomic E-state index is 12.0. The van der Waals surface area contributed by atoms with Gasteiger partial charge < -0.3 is 14.9 Å². The monoisotopic (exact) mass is 514 g/mol. The lowest BCUT2D eigenvalue weighted by molar-refractivity contribution is -0.168. The number of carboxylic acid groups (broad SMARTS) is 1. The van der Waals surface area contributed by atoms with Gasteiger partial charge in [-0.15, -0.1) is 0 Å². The number of allylic oxidation sites excluding steroid dienone is 2. The first-order chi connectivity index (χ1) is 17.1. The van der Waals surface area contributed by atoms with E-state index in [1.807, 2.05) is 6.08 Å². The molecule has 0 aliphatic heterocycles. The van der Waals surface area contributed by atoms with Crippen LogP contribution in [0.3, 0.4) is 0 Å². The molecule has 37 heavy (non-hydrogen) atoms. The first kappa shape index (κ1) is 28.4. The van der Waals surface area contributed by atoms with Crippen molar-refractivity contribution in [2.75, 3.05) is 0 Å². The molecule has 0 aromatic rings. The van der Waals surface area contributed by atoms with Crippen molar-refractivity contribution in [3.63, 3.8) is 0 Å². The molecule has 4 rings (SSSR count). The average molecular weight is 515 g/mol. The Morgan fingerprint density at radius 1 is 1.05 bits per heavy atom. The fraction of sp³-hybridized carbons (Fsp3) is 0.812. The van der Waals surface area contributed by atoms with Crippen molar-refractivity contribution >= 4 is 11.9 Å². The summed E-state index contributed by atoms with van der Waals surface area (Å²) in [6.07, 6.45) is 10.2. The van der Waals surface area contributed by atoms with E-state index < -0.39 is 5.97 Å². The van der Waals surface area contributed by atoms with Crippen LogP contribution in [0.2, 0.25) is 0 Å². The van der Waals surface area contributed by atoms with Gasteiger partial charge in [0.15, 0.2) is 0 Å². The van der Waals surface area contributed by atoms with Gasteiger partial charge in [0.05, 0.1) is 6.10 Å². The SMILES string of the molecule is CC(=O)O[C@@H]1CC[C@]2(C)C3=C(CC[C@H]2C1(C)C)[C@]1(C)CC[C@H]([C@H](C)CCC=C(C)C(=O)O)[C@@]1(C)[C@@H](O)C3. The molecule has 2 fully saturated rings. The van der Waals surface area contributed by atoms with E-state index in [9.17, 15) is 19.8 Å². The molecule has 0 aromatic carbocycles. The third-order valence-electron chi connectivity index (χ3n) is 12.2. The van der Waals surface area contributed by atoms with Crippen molar-refractivity contribution in [1.82, 2.24) is 0 Å². The smallest absolute Gasteiger partial charge is 0.330 e. The quantitative estimate of drug-likeness (QED) is 0.225. The highest BCUT2D eigenvalue weighted by Gasteiger charge is 2.66. The van der Waals surface area contributed by atoms with Crippen LogP contribution in [0.1, 0.15) is 113 Å². The van der Waals surface area contributed by atoms with Crippen molar-refractivity contribution in [3.8, 4) is 0 Å². The molecule has 0 radical (unpaired) electrons. The van der Waals surface area contributed by atoms with E-state index in [0.717, 1.165) is 57.8 Å². The van der Waals surface area contributed by atoms with Crippen LogP contribution < -0.4 is 0 Å². The molecule has 5 nitrogen and oxygen atoms in total. The van der Waals surface area contributed by atoms with Gasteiger partial charge in [0.2, 0.25) is 0 Å². The first-order valence-electron chi connectivity index (χ1n) is 14.6. The minimum atomic E-state index is -0.843. The number of hydrogen-bond acceptors (Lipinski definition) is 4. The zero-order valence-corrected chi connectivity index (χ0v) is 24.4. The molecule has 4 aliphatic carbocycles. The lowest BCUT2D eigenvalue weighted by Crippen LogP contribution is -2.58. The van der Waals surface area contributed by atoms with Crippen molar-refractivity contribution < 1.29 is 24.5 Å². The Bertz CT molecular complexity index is 1010. The average Bonchev–Trinajstić information content (AvgIpc) is 3.09. The van der Waals surface area contributed by atoms with Gasteiger partial charge in [-0.2, -0.15) is 0 Å². The van der Waals surface area contributed by atoms with E-state index in [4.69, 9.17) is 4.74 Å². The number of carbonyl (C=O) groups is 2. The summed E-state index contributed by atoms with van der Waals surface area (Å²) >= 11 is 0. The van der Waals surface area contributed by atoms with Crippen LogP contribution in [0, 0.1) is 39.4 Å². The fourth-order valence-electron chi connectivity index (χ4n) is 9.88. The third-order valence-corrected chi connectivity index (χ3v) is 12.2. The number of carbonyl (C=O) groups excluding carboxylic acids is 1. The van der Waals surface area contributed by atoms with E-state index in [-0.39, 0.29) is 39.8 Å². The van der Waals surface area contributed by atoms with Gasteiger partial charge in [0, 0.05) is 23.3 Å².